The van der Waals surface area contributed by atoms with Crippen LogP contribution in [0.4, 0.5) is 0 Å². The van der Waals surface area contributed by atoms with Crippen molar-refractivity contribution in [1.82, 2.24) is 4.57 Å². The lowest BCUT2D eigenvalue weighted by Crippen LogP contribution is -2.24. The summed E-state index contributed by atoms with van der Waals surface area (Å²) >= 11 is 0. The van der Waals surface area contributed by atoms with E-state index in [-0.39, 0.29) is 6.54 Å². The van der Waals surface area contributed by atoms with Gasteiger partial charge in [-0.15, -0.1) is 0 Å². The third kappa shape index (κ3) is 3.06. The number of hydrogen-bond acceptors (Lipinski definition) is 3. The first-order chi connectivity index (χ1) is 7.96. The number of nitrogens with zero attached hydrogens (tertiary/aromatic N) is 1. The third-order valence-corrected chi connectivity index (χ3v) is 3.30. The molecule has 0 spiro atoms. The van der Waals surface area contributed by atoms with E-state index in [1.807, 2.05) is 30.3 Å². The Morgan fingerprint density at radius 3 is 2.65 bits per heavy atom. The molecular formula is C11H13NO4S. The summed E-state index contributed by atoms with van der Waals surface area (Å²) in [4.78, 5) is 0. The monoisotopic (exact) mass is 255 g/mol. The molecule has 6 heteroatoms. The Morgan fingerprint density at radius 2 is 1.94 bits per heavy atom. The zero-order valence-corrected chi connectivity index (χ0v) is 9.84. The van der Waals surface area contributed by atoms with Crippen LogP contribution in [-0.2, 0) is 16.7 Å². The lowest BCUT2D eigenvalue weighted by molar-refractivity contribution is 0.175. The molecule has 1 atom stereocenters. The number of para-hydroxylation sites is 1. The molecule has 2 rings (SSSR count). The lowest BCUT2D eigenvalue weighted by Gasteiger charge is -2.10. The first-order valence-electron chi connectivity index (χ1n) is 5.13. The lowest BCUT2D eigenvalue weighted by atomic mass is 10.2. The molecule has 17 heavy (non-hydrogen) atoms. The van der Waals surface area contributed by atoms with Crippen LogP contribution in [0.1, 0.15) is 0 Å². The van der Waals surface area contributed by atoms with Gasteiger partial charge in [0.2, 0.25) is 0 Å². The normalized spacial score (nSPS) is 14.0. The third-order valence-electron chi connectivity index (χ3n) is 2.49. The minimum atomic E-state index is -4.14. The molecule has 1 unspecified atom stereocenters. The summed E-state index contributed by atoms with van der Waals surface area (Å²) in [6.45, 7) is 0.132. The second-order valence-corrected chi connectivity index (χ2v) is 5.43. The van der Waals surface area contributed by atoms with Crippen LogP contribution >= 0.6 is 0 Å². The summed E-state index contributed by atoms with van der Waals surface area (Å²) in [5.74, 6) is -0.653. The van der Waals surface area contributed by atoms with Gasteiger partial charge in [0.25, 0.3) is 10.1 Å². The van der Waals surface area contributed by atoms with Crippen molar-refractivity contribution in [3.8, 4) is 0 Å². The molecule has 1 heterocycles. The Labute approximate surface area is 99.0 Å². The van der Waals surface area contributed by atoms with Gasteiger partial charge in [-0.05, 0) is 17.5 Å². The summed E-state index contributed by atoms with van der Waals surface area (Å²) in [6.07, 6.45) is 0.651. The molecule has 0 aliphatic carbocycles. The van der Waals surface area contributed by atoms with Crippen LogP contribution in [-0.4, -0.2) is 34.5 Å². The Morgan fingerprint density at radius 1 is 1.24 bits per heavy atom. The predicted molar refractivity (Wildman–Crippen MR) is 64.4 cm³/mol. The van der Waals surface area contributed by atoms with Crippen molar-refractivity contribution in [3.05, 3.63) is 36.5 Å². The van der Waals surface area contributed by atoms with Crippen LogP contribution in [0.5, 0.6) is 0 Å². The molecule has 0 radical (unpaired) electrons. The fourth-order valence-electron chi connectivity index (χ4n) is 1.82. The van der Waals surface area contributed by atoms with Crippen molar-refractivity contribution in [2.24, 2.45) is 0 Å². The zero-order chi connectivity index (χ0) is 12.5. The molecule has 5 nitrogen and oxygen atoms in total. The van der Waals surface area contributed by atoms with Crippen LogP contribution in [0, 0.1) is 0 Å². The highest BCUT2D eigenvalue weighted by atomic mass is 32.2. The average molecular weight is 255 g/mol. The molecule has 1 aromatic heterocycles. The molecular weight excluding hydrogens is 242 g/mol. The van der Waals surface area contributed by atoms with Crippen LogP contribution in [0.3, 0.4) is 0 Å². The van der Waals surface area contributed by atoms with Crippen LogP contribution in [0.2, 0.25) is 0 Å². The van der Waals surface area contributed by atoms with Gasteiger partial charge >= 0.3 is 0 Å². The molecule has 0 aliphatic heterocycles. The first kappa shape index (κ1) is 12.1. The van der Waals surface area contributed by atoms with Crippen molar-refractivity contribution in [2.45, 2.75) is 12.6 Å². The highest BCUT2D eigenvalue weighted by molar-refractivity contribution is 7.85. The highest BCUT2D eigenvalue weighted by Gasteiger charge is 2.15. The highest BCUT2D eigenvalue weighted by Crippen LogP contribution is 2.15. The SMILES string of the molecule is O=S(=O)(O)CC(O)Cn1ccc2ccccc21. The van der Waals surface area contributed by atoms with Crippen molar-refractivity contribution in [2.75, 3.05) is 5.75 Å². The quantitative estimate of drug-likeness (QED) is 0.795. The second kappa shape index (κ2) is 4.48. The Hall–Kier alpha value is -1.37. The Kier molecular flexibility index (Phi) is 3.19. The maximum atomic E-state index is 10.6. The number of fused-ring (bicyclic) bond motifs is 1. The van der Waals surface area contributed by atoms with Gasteiger partial charge < -0.3 is 9.67 Å². The fourth-order valence-corrected chi connectivity index (χ4v) is 2.41. The number of rotatable bonds is 4. The van der Waals surface area contributed by atoms with E-state index in [4.69, 9.17) is 4.55 Å². The standard InChI is InChI=1S/C11H13NO4S/c13-10(8-17(14,15)16)7-12-6-5-9-3-1-2-4-11(9)12/h1-6,10,13H,7-8H2,(H,14,15,16). The maximum absolute atomic E-state index is 10.6. The molecule has 1 aromatic carbocycles. The summed E-state index contributed by atoms with van der Waals surface area (Å²) in [5.41, 5.74) is 0.918. The summed E-state index contributed by atoms with van der Waals surface area (Å²) in [7, 11) is -4.14. The van der Waals surface area contributed by atoms with Gasteiger partial charge in [-0.2, -0.15) is 8.42 Å². The van der Waals surface area contributed by atoms with Gasteiger partial charge in [0, 0.05) is 18.3 Å². The number of benzene rings is 1. The van der Waals surface area contributed by atoms with Gasteiger partial charge in [0.1, 0.15) is 5.75 Å². The second-order valence-electron chi connectivity index (χ2n) is 3.93. The van der Waals surface area contributed by atoms with E-state index in [1.54, 1.807) is 10.8 Å². The van der Waals surface area contributed by atoms with Crippen molar-refractivity contribution in [3.63, 3.8) is 0 Å². The van der Waals surface area contributed by atoms with Gasteiger partial charge in [-0.3, -0.25) is 4.55 Å². The number of aromatic nitrogens is 1. The minimum absolute atomic E-state index is 0.132. The molecule has 0 aliphatic rings. The Balaban J connectivity index is 2.19. The fraction of sp³-hybridized carbons (Fsp3) is 0.273. The van der Waals surface area contributed by atoms with Crippen molar-refractivity contribution >= 4 is 21.0 Å². The van der Waals surface area contributed by atoms with E-state index < -0.39 is 22.0 Å². The minimum Gasteiger partial charge on any atom is -0.390 e. The number of aliphatic hydroxyl groups is 1. The van der Waals surface area contributed by atoms with Gasteiger partial charge in [0.05, 0.1) is 6.10 Å². The van der Waals surface area contributed by atoms with E-state index in [1.165, 1.54) is 0 Å². The molecule has 2 aromatic rings. The van der Waals surface area contributed by atoms with E-state index in [2.05, 4.69) is 0 Å². The van der Waals surface area contributed by atoms with Gasteiger partial charge in [-0.25, -0.2) is 0 Å². The molecule has 0 bridgehead atoms. The Bertz CT molecular complexity index is 617. The van der Waals surface area contributed by atoms with Crippen LogP contribution in [0.25, 0.3) is 10.9 Å². The number of hydrogen-bond donors (Lipinski definition) is 2. The van der Waals surface area contributed by atoms with Crippen molar-refractivity contribution < 1.29 is 18.1 Å². The van der Waals surface area contributed by atoms with E-state index in [9.17, 15) is 13.5 Å². The molecule has 2 N–H and O–H groups in total. The molecule has 92 valence electrons. The molecule has 0 saturated carbocycles. The van der Waals surface area contributed by atoms with Gasteiger partial charge in [-0.1, -0.05) is 18.2 Å². The zero-order valence-electron chi connectivity index (χ0n) is 9.02. The largest absolute Gasteiger partial charge is 0.390 e. The van der Waals surface area contributed by atoms with E-state index >= 15 is 0 Å². The topological polar surface area (TPSA) is 79.5 Å². The predicted octanol–water partition coefficient (Wildman–Crippen LogP) is 0.890. The maximum Gasteiger partial charge on any atom is 0.267 e. The average Bonchev–Trinajstić information content (AvgIpc) is 2.59. The van der Waals surface area contributed by atoms with Crippen LogP contribution in [0.15, 0.2) is 36.5 Å². The van der Waals surface area contributed by atoms with E-state index in [0.29, 0.717) is 0 Å². The summed E-state index contributed by atoms with van der Waals surface area (Å²) in [6, 6.07) is 9.47. The van der Waals surface area contributed by atoms with E-state index in [0.717, 1.165) is 10.9 Å². The summed E-state index contributed by atoms with van der Waals surface area (Å²) in [5, 5.41) is 10.6. The van der Waals surface area contributed by atoms with Gasteiger partial charge in [0.15, 0.2) is 0 Å². The number of aliphatic hydroxyl groups excluding tert-OH is 1. The molecule has 0 saturated heterocycles. The van der Waals surface area contributed by atoms with Crippen LogP contribution < -0.4 is 0 Å². The summed E-state index contributed by atoms with van der Waals surface area (Å²) < 4.78 is 31.6. The molecule has 0 amide bonds. The van der Waals surface area contributed by atoms with Crippen molar-refractivity contribution in [1.29, 1.82) is 0 Å². The first-order valence-corrected chi connectivity index (χ1v) is 6.74. The molecule has 0 fully saturated rings. The smallest absolute Gasteiger partial charge is 0.267 e.